The summed E-state index contributed by atoms with van der Waals surface area (Å²) in [5, 5.41) is 29.7. The number of amides is 2. The van der Waals surface area contributed by atoms with Crippen LogP contribution >= 0.6 is 0 Å². The number of nitrogens with zero attached hydrogens (tertiary/aromatic N) is 4. The molecule has 4 aromatic rings. The molecule has 2 aliphatic heterocycles. The average molecular weight is 965 g/mol. The highest BCUT2D eigenvalue weighted by Crippen LogP contribution is 2.51. The van der Waals surface area contributed by atoms with Gasteiger partial charge in [0.1, 0.15) is 36.5 Å². The minimum Gasteiger partial charge on any atom is -0.462 e. The topological polar surface area (TPSA) is 222 Å². The van der Waals surface area contributed by atoms with Crippen LogP contribution in [0.5, 0.6) is 0 Å². The predicted molar refractivity (Wildman–Crippen MR) is 262 cm³/mol. The lowest BCUT2D eigenvalue weighted by atomic mass is 9.89. The largest absolute Gasteiger partial charge is 0.462 e. The third-order valence-electron chi connectivity index (χ3n) is 12.0. The number of alkyl carbamates (subject to hydrolysis) is 2. The lowest BCUT2D eigenvalue weighted by Gasteiger charge is -2.46. The second-order valence-electron chi connectivity index (χ2n) is 20.4. The first kappa shape index (κ1) is 52.1. The molecule has 2 N–H and O–H groups in total. The van der Waals surface area contributed by atoms with Crippen LogP contribution in [0.3, 0.4) is 0 Å². The van der Waals surface area contributed by atoms with E-state index < -0.39 is 81.4 Å². The molecule has 0 bridgehead atoms. The summed E-state index contributed by atoms with van der Waals surface area (Å²) in [6.45, 7) is 17.0. The van der Waals surface area contributed by atoms with Gasteiger partial charge in [0.15, 0.2) is 0 Å². The Morgan fingerprint density at radius 1 is 0.586 bits per heavy atom. The Bertz CT molecular complexity index is 2370. The molecule has 374 valence electrons. The van der Waals surface area contributed by atoms with Gasteiger partial charge in [0, 0.05) is 35.6 Å². The summed E-state index contributed by atoms with van der Waals surface area (Å²) in [5.41, 5.74) is 2.29. The Labute approximate surface area is 408 Å². The number of anilines is 2. The summed E-state index contributed by atoms with van der Waals surface area (Å²) in [5.74, 6) is -2.17. The molecule has 2 heterocycles. The van der Waals surface area contributed by atoms with E-state index in [0.717, 1.165) is 11.1 Å². The smallest absolute Gasteiger partial charge is 0.408 e. The zero-order valence-electron chi connectivity index (χ0n) is 41.4. The second kappa shape index (κ2) is 21.6. The Morgan fingerprint density at radius 3 is 1.23 bits per heavy atom. The van der Waals surface area contributed by atoms with Gasteiger partial charge in [-0.05, 0) is 101 Å². The van der Waals surface area contributed by atoms with Gasteiger partial charge in [-0.3, -0.25) is 20.2 Å². The van der Waals surface area contributed by atoms with Gasteiger partial charge in [0.25, 0.3) is 11.4 Å². The highest BCUT2D eigenvalue weighted by Gasteiger charge is 2.47. The lowest BCUT2D eigenvalue weighted by Crippen LogP contribution is -2.51. The lowest BCUT2D eigenvalue weighted by molar-refractivity contribution is -0.385. The molecule has 0 radical (unpaired) electrons. The summed E-state index contributed by atoms with van der Waals surface area (Å²) >= 11 is 0. The van der Waals surface area contributed by atoms with Gasteiger partial charge in [0.05, 0.1) is 34.0 Å². The van der Waals surface area contributed by atoms with E-state index in [0.29, 0.717) is 22.5 Å². The van der Waals surface area contributed by atoms with Gasteiger partial charge in [-0.15, -0.1) is 0 Å². The number of fused-ring (bicyclic) bond motifs is 2. The first-order valence-corrected chi connectivity index (χ1v) is 23.5. The van der Waals surface area contributed by atoms with Gasteiger partial charge in [0.2, 0.25) is 0 Å². The van der Waals surface area contributed by atoms with E-state index >= 15 is 0 Å². The maximum atomic E-state index is 14.0. The Hall–Kier alpha value is -7.24. The van der Waals surface area contributed by atoms with E-state index in [-0.39, 0.29) is 49.3 Å². The van der Waals surface area contributed by atoms with Crippen molar-refractivity contribution >= 4 is 46.9 Å². The highest BCUT2D eigenvalue weighted by atomic mass is 16.6. The molecule has 0 fully saturated rings. The molecule has 2 amide bonds. The van der Waals surface area contributed by atoms with E-state index in [2.05, 4.69) is 20.4 Å². The van der Waals surface area contributed by atoms with Gasteiger partial charge in [-0.1, -0.05) is 88.4 Å². The molecule has 0 spiro atoms. The number of hydrogen-bond donors (Lipinski definition) is 2. The van der Waals surface area contributed by atoms with Gasteiger partial charge < -0.3 is 39.4 Å². The van der Waals surface area contributed by atoms with Crippen LogP contribution in [0.15, 0.2) is 97.1 Å². The minimum atomic E-state index is -1.07. The van der Waals surface area contributed by atoms with Crippen molar-refractivity contribution in [3.63, 3.8) is 0 Å². The number of ether oxygens (including phenoxy) is 4. The number of non-ortho nitro benzene ring substituents is 2. The zero-order valence-corrected chi connectivity index (χ0v) is 41.4. The number of benzene rings is 4. The second-order valence-corrected chi connectivity index (χ2v) is 20.4. The van der Waals surface area contributed by atoms with Crippen molar-refractivity contribution < 1.29 is 48.0 Å². The summed E-state index contributed by atoms with van der Waals surface area (Å²) in [6.07, 6.45) is -1.11. The molecule has 18 nitrogen and oxygen atoms in total. The first-order chi connectivity index (χ1) is 32.9. The Kier molecular flexibility index (Phi) is 16.1. The van der Waals surface area contributed by atoms with Crippen molar-refractivity contribution in [2.24, 2.45) is 11.8 Å². The number of nitrogens with one attached hydrogen (secondary N) is 2. The van der Waals surface area contributed by atoms with Crippen LogP contribution in [-0.2, 0) is 41.4 Å². The molecule has 0 saturated heterocycles. The predicted octanol–water partition coefficient (Wildman–Crippen LogP) is 9.33. The summed E-state index contributed by atoms with van der Waals surface area (Å²) in [6, 6.07) is 23.7. The fraction of sp³-hybridized carbons (Fsp3) is 0.462. The number of esters is 2. The van der Waals surface area contributed by atoms with E-state index in [1.807, 2.05) is 60.7 Å². The first-order valence-electron chi connectivity index (χ1n) is 23.5. The fourth-order valence-corrected chi connectivity index (χ4v) is 9.02. The van der Waals surface area contributed by atoms with Crippen LogP contribution < -0.4 is 20.4 Å². The van der Waals surface area contributed by atoms with Crippen molar-refractivity contribution in [2.75, 3.05) is 23.0 Å². The standard InChI is InChI=1S/C52H64N6O12/c1-31(2)43(53-49(61)69-51(5,6)7)47(59)67-29-39-27-35-25-37(57(63)64)21-23-41(35)55(39)45(33-17-13-11-14-18-33)46(34-19-15-12-16-20-34)56-40(28-36-26-38(58(65)66)22-24-42(36)56)30-68-48(60)44(32(3)4)54-50(62)70-52(8,9)10/h11-26,31-32,39-40,43-46H,27-30H2,1-10H3,(H,53,61)(H,54,62)/t39?,40?,43-,44-,45?,46?/m0/s1. The van der Waals surface area contributed by atoms with E-state index in [9.17, 15) is 39.4 Å². The molecule has 4 unspecified atom stereocenters. The third kappa shape index (κ3) is 12.7. The van der Waals surface area contributed by atoms with Crippen LogP contribution in [0, 0.1) is 32.1 Å². The van der Waals surface area contributed by atoms with Gasteiger partial charge in [-0.2, -0.15) is 0 Å². The molecule has 6 rings (SSSR count). The van der Waals surface area contributed by atoms with E-state index in [1.165, 1.54) is 24.3 Å². The molecule has 0 saturated carbocycles. The van der Waals surface area contributed by atoms with Crippen molar-refractivity contribution in [3.05, 3.63) is 140 Å². The van der Waals surface area contributed by atoms with Crippen molar-refractivity contribution in [2.45, 2.75) is 130 Å². The molecule has 18 heteroatoms. The maximum absolute atomic E-state index is 14.0. The number of nitro groups is 2. The number of hydrogen-bond acceptors (Lipinski definition) is 14. The summed E-state index contributed by atoms with van der Waals surface area (Å²) in [4.78, 5) is 81.6. The Balaban J connectivity index is 1.48. The SMILES string of the molecule is CC(C)[C@H](NC(=O)OC(C)(C)C)C(=O)OCC1Cc2cc([N+](=O)[O-])ccc2N1C(c1ccccc1)C(c1ccccc1)N1c2ccc([N+](=O)[O-])cc2CC1COC(=O)[C@@H](NC(=O)OC(C)(C)C)C(C)C. The summed E-state index contributed by atoms with van der Waals surface area (Å²) in [7, 11) is 0. The van der Waals surface area contributed by atoms with Crippen molar-refractivity contribution in [1.82, 2.24) is 10.6 Å². The van der Waals surface area contributed by atoms with Crippen molar-refractivity contribution in [3.8, 4) is 0 Å². The average Bonchev–Trinajstić information content (AvgIpc) is 3.83. The molecule has 4 aromatic carbocycles. The molecule has 2 aliphatic rings. The minimum absolute atomic E-state index is 0.119. The number of carbonyl (C=O) groups excluding carboxylic acids is 4. The number of carbonyl (C=O) groups is 4. The van der Waals surface area contributed by atoms with Gasteiger partial charge >= 0.3 is 24.1 Å². The molecule has 0 aliphatic carbocycles. The van der Waals surface area contributed by atoms with Crippen LogP contribution in [0.4, 0.5) is 32.3 Å². The van der Waals surface area contributed by atoms with Gasteiger partial charge in [-0.25, -0.2) is 19.2 Å². The molecule has 70 heavy (non-hydrogen) atoms. The summed E-state index contributed by atoms with van der Waals surface area (Å²) < 4.78 is 23.2. The molecule has 6 atom stereocenters. The maximum Gasteiger partial charge on any atom is 0.408 e. The number of nitro benzene ring substituents is 2. The molecular formula is C52H64N6O12. The van der Waals surface area contributed by atoms with Crippen molar-refractivity contribution in [1.29, 1.82) is 0 Å². The van der Waals surface area contributed by atoms with E-state index in [4.69, 9.17) is 18.9 Å². The molecular weight excluding hydrogens is 901 g/mol. The molecule has 0 aromatic heterocycles. The quantitative estimate of drug-likeness (QED) is 0.0436. The Morgan fingerprint density at radius 2 is 0.929 bits per heavy atom. The highest BCUT2D eigenvalue weighted by molar-refractivity contribution is 5.83. The number of rotatable bonds is 17. The monoisotopic (exact) mass is 964 g/mol. The van der Waals surface area contributed by atoms with Crippen LogP contribution in [-0.4, -0.2) is 82.6 Å². The normalized spacial score (nSPS) is 17.1. The van der Waals surface area contributed by atoms with Crippen LogP contribution in [0.25, 0.3) is 0 Å². The van der Waals surface area contributed by atoms with E-state index in [1.54, 1.807) is 81.4 Å². The van der Waals surface area contributed by atoms with Crippen LogP contribution in [0.1, 0.15) is 104 Å². The zero-order chi connectivity index (χ0) is 51.2. The van der Waals surface area contributed by atoms with Crippen LogP contribution in [0.2, 0.25) is 0 Å². The fourth-order valence-electron chi connectivity index (χ4n) is 9.02. The third-order valence-corrected chi connectivity index (χ3v) is 12.0.